The molecule has 2 bridgehead atoms. The van der Waals surface area contributed by atoms with E-state index >= 15 is 0 Å². The molecule has 4 atom stereocenters. The van der Waals surface area contributed by atoms with Gasteiger partial charge in [0.2, 0.25) is 5.91 Å². The molecule has 150 valence electrons. The lowest BCUT2D eigenvalue weighted by atomic mass is 9.77. The number of hydrogen-bond donors (Lipinski definition) is 0. The number of carbonyl (C=O) groups excluding carboxylic acids is 2. The summed E-state index contributed by atoms with van der Waals surface area (Å²) in [6.45, 7) is 2.94. The van der Waals surface area contributed by atoms with E-state index in [2.05, 4.69) is 6.92 Å². The first kappa shape index (κ1) is 18.4. The second kappa shape index (κ2) is 6.99. The van der Waals surface area contributed by atoms with Gasteiger partial charge in [-0.05, 0) is 17.9 Å². The number of nitrogens with zero attached hydrogens (tertiary/aromatic N) is 1. The summed E-state index contributed by atoms with van der Waals surface area (Å²) >= 11 is 0. The van der Waals surface area contributed by atoms with Crippen LogP contribution >= 0.6 is 0 Å². The number of amides is 1. The predicted molar refractivity (Wildman–Crippen MR) is 111 cm³/mol. The lowest BCUT2D eigenvalue weighted by Gasteiger charge is -2.23. The van der Waals surface area contributed by atoms with Crippen molar-refractivity contribution in [2.75, 3.05) is 18.1 Å². The summed E-state index contributed by atoms with van der Waals surface area (Å²) in [5, 5.41) is 2.11. The fourth-order valence-corrected chi connectivity index (χ4v) is 5.04. The molecule has 0 aromatic heterocycles. The third-order valence-electron chi connectivity index (χ3n) is 6.42. The van der Waals surface area contributed by atoms with Crippen molar-refractivity contribution in [1.82, 2.24) is 0 Å². The summed E-state index contributed by atoms with van der Waals surface area (Å²) in [5.41, 5.74) is 0.138. The van der Waals surface area contributed by atoms with Gasteiger partial charge in [0.05, 0.1) is 30.9 Å². The van der Waals surface area contributed by atoms with Crippen LogP contribution in [0.4, 0.5) is 5.69 Å². The minimum absolute atomic E-state index is 0.0521. The van der Waals surface area contributed by atoms with Crippen molar-refractivity contribution in [1.29, 1.82) is 0 Å². The number of carbonyl (C=O) groups is 2. The number of unbranched alkanes of at least 4 members (excludes halogenated alkanes) is 2. The van der Waals surface area contributed by atoms with Gasteiger partial charge in [0, 0.05) is 5.39 Å². The van der Waals surface area contributed by atoms with Crippen LogP contribution in [0.15, 0.2) is 54.6 Å². The van der Waals surface area contributed by atoms with Crippen molar-refractivity contribution in [2.24, 2.45) is 11.8 Å². The standard InChI is InChI=1S/C24H25NO4/c1-2-3-6-14-28-23(27)20-19-12-13-24(29-19)15-25(22(26)21(20)24)18-11-7-9-16-8-4-5-10-17(16)18/h4-5,7-13,19-21H,2-3,6,14-15H2,1H3/t19-,20+,21-,24-/m0/s1. The van der Waals surface area contributed by atoms with E-state index in [-0.39, 0.29) is 18.0 Å². The molecule has 1 spiro atoms. The first-order chi connectivity index (χ1) is 14.1. The molecule has 5 heteroatoms. The maximum absolute atomic E-state index is 13.5. The van der Waals surface area contributed by atoms with E-state index in [0.717, 1.165) is 35.7 Å². The Hall–Kier alpha value is -2.66. The van der Waals surface area contributed by atoms with Crippen molar-refractivity contribution in [3.05, 3.63) is 54.6 Å². The summed E-state index contributed by atoms with van der Waals surface area (Å²) in [6, 6.07) is 14.0. The topological polar surface area (TPSA) is 55.8 Å². The number of hydrogen-bond acceptors (Lipinski definition) is 4. The Labute approximate surface area is 170 Å². The van der Waals surface area contributed by atoms with Gasteiger partial charge in [0.25, 0.3) is 0 Å². The number of benzene rings is 2. The van der Waals surface area contributed by atoms with Gasteiger partial charge in [-0.2, -0.15) is 0 Å². The summed E-state index contributed by atoms with van der Waals surface area (Å²) < 4.78 is 11.7. The molecule has 0 saturated carbocycles. The van der Waals surface area contributed by atoms with Gasteiger partial charge in [-0.25, -0.2) is 0 Å². The van der Waals surface area contributed by atoms with Crippen LogP contribution in [0.1, 0.15) is 26.2 Å². The number of fused-ring (bicyclic) bond motifs is 2. The van der Waals surface area contributed by atoms with Crippen molar-refractivity contribution in [3.8, 4) is 0 Å². The van der Waals surface area contributed by atoms with Crippen LogP contribution in [0.2, 0.25) is 0 Å². The molecular formula is C24H25NO4. The Kier molecular flexibility index (Phi) is 4.43. The van der Waals surface area contributed by atoms with Crippen LogP contribution in [-0.2, 0) is 19.1 Å². The van der Waals surface area contributed by atoms with Crippen molar-refractivity contribution < 1.29 is 19.1 Å². The van der Waals surface area contributed by atoms with Gasteiger partial charge >= 0.3 is 5.97 Å². The van der Waals surface area contributed by atoms with E-state index in [0.29, 0.717) is 13.2 Å². The number of rotatable bonds is 6. The van der Waals surface area contributed by atoms with Crippen LogP contribution in [-0.4, -0.2) is 36.7 Å². The molecule has 2 aromatic rings. The normalized spacial score (nSPS) is 29.6. The molecule has 0 N–H and O–H groups in total. The molecule has 3 aliphatic heterocycles. The minimum atomic E-state index is -0.730. The van der Waals surface area contributed by atoms with E-state index in [1.807, 2.05) is 54.6 Å². The molecule has 0 aliphatic carbocycles. The molecule has 1 amide bonds. The molecule has 3 heterocycles. The fraction of sp³-hybridized carbons (Fsp3) is 0.417. The Morgan fingerprint density at radius 3 is 2.90 bits per heavy atom. The molecule has 2 saturated heterocycles. The van der Waals surface area contributed by atoms with Gasteiger partial charge in [-0.1, -0.05) is 68.3 Å². The monoisotopic (exact) mass is 391 g/mol. The van der Waals surface area contributed by atoms with E-state index in [1.165, 1.54) is 0 Å². The number of ether oxygens (including phenoxy) is 2. The number of esters is 1. The Morgan fingerprint density at radius 1 is 1.21 bits per heavy atom. The van der Waals surface area contributed by atoms with E-state index in [4.69, 9.17) is 9.47 Å². The zero-order valence-electron chi connectivity index (χ0n) is 16.5. The maximum Gasteiger partial charge on any atom is 0.312 e. The molecule has 5 rings (SSSR count). The third-order valence-corrected chi connectivity index (χ3v) is 6.42. The largest absolute Gasteiger partial charge is 0.465 e. The zero-order chi connectivity index (χ0) is 20.0. The minimum Gasteiger partial charge on any atom is -0.465 e. The average molecular weight is 391 g/mol. The summed E-state index contributed by atoms with van der Waals surface area (Å²) in [4.78, 5) is 28.1. The molecule has 3 aliphatic rings. The lowest BCUT2D eigenvalue weighted by Crippen LogP contribution is -2.40. The van der Waals surface area contributed by atoms with Crippen LogP contribution in [0.25, 0.3) is 10.8 Å². The highest BCUT2D eigenvalue weighted by Gasteiger charge is 2.67. The second-order valence-electron chi connectivity index (χ2n) is 8.20. The Morgan fingerprint density at radius 2 is 2.03 bits per heavy atom. The molecule has 5 nitrogen and oxygen atoms in total. The van der Waals surface area contributed by atoms with E-state index < -0.39 is 17.4 Å². The van der Waals surface area contributed by atoms with Gasteiger partial charge in [-0.15, -0.1) is 0 Å². The van der Waals surface area contributed by atoms with Crippen LogP contribution in [0, 0.1) is 11.8 Å². The highest BCUT2D eigenvalue weighted by atomic mass is 16.6. The molecule has 0 radical (unpaired) electrons. The highest BCUT2D eigenvalue weighted by molar-refractivity contribution is 6.08. The molecule has 29 heavy (non-hydrogen) atoms. The van der Waals surface area contributed by atoms with Gasteiger partial charge in [0.15, 0.2) is 0 Å². The van der Waals surface area contributed by atoms with Crippen molar-refractivity contribution in [2.45, 2.75) is 37.9 Å². The lowest BCUT2D eigenvalue weighted by molar-refractivity contribution is -0.152. The molecular weight excluding hydrogens is 366 g/mol. The van der Waals surface area contributed by atoms with Crippen LogP contribution in [0.3, 0.4) is 0 Å². The van der Waals surface area contributed by atoms with Crippen molar-refractivity contribution in [3.63, 3.8) is 0 Å². The van der Waals surface area contributed by atoms with E-state index in [1.54, 1.807) is 4.90 Å². The first-order valence-electron chi connectivity index (χ1n) is 10.5. The third kappa shape index (κ3) is 2.79. The fourth-order valence-electron chi connectivity index (χ4n) is 5.04. The van der Waals surface area contributed by atoms with Gasteiger partial charge in [-0.3, -0.25) is 9.59 Å². The smallest absolute Gasteiger partial charge is 0.312 e. The quantitative estimate of drug-likeness (QED) is 0.426. The first-order valence-corrected chi connectivity index (χ1v) is 10.5. The van der Waals surface area contributed by atoms with E-state index in [9.17, 15) is 9.59 Å². The summed E-state index contributed by atoms with van der Waals surface area (Å²) in [5.74, 6) is -1.44. The SMILES string of the molecule is CCCCCOC(=O)[C@@H]1[C@@H]2C=C[C@@]3(CN(c4cccc5ccccc45)C(=O)[C@H]13)O2. The summed E-state index contributed by atoms with van der Waals surface area (Å²) in [7, 11) is 0. The van der Waals surface area contributed by atoms with Crippen LogP contribution < -0.4 is 4.90 Å². The molecule has 2 fully saturated rings. The van der Waals surface area contributed by atoms with Gasteiger partial charge in [0.1, 0.15) is 11.5 Å². The maximum atomic E-state index is 13.5. The average Bonchev–Trinajstić information content (AvgIpc) is 3.39. The van der Waals surface area contributed by atoms with Gasteiger partial charge < -0.3 is 14.4 Å². The highest BCUT2D eigenvalue weighted by Crippen LogP contribution is 2.53. The van der Waals surface area contributed by atoms with Crippen molar-refractivity contribution >= 4 is 28.3 Å². The molecule has 2 aromatic carbocycles. The Balaban J connectivity index is 1.44. The molecule has 0 unspecified atom stereocenters. The second-order valence-corrected chi connectivity index (χ2v) is 8.20. The predicted octanol–water partition coefficient (Wildman–Crippen LogP) is 3.86. The van der Waals surface area contributed by atoms with Crippen LogP contribution in [0.5, 0.6) is 0 Å². The number of anilines is 1. The summed E-state index contributed by atoms with van der Waals surface area (Å²) in [6.07, 6.45) is 6.48. The zero-order valence-corrected chi connectivity index (χ0v) is 16.5. The Bertz CT molecular complexity index is 994.